The van der Waals surface area contributed by atoms with Crippen LogP contribution in [0, 0.1) is 13.8 Å². The molecule has 14 heavy (non-hydrogen) atoms. The standard InChI is InChI=1S/C11H18N2O/c1-8-7-11(14-3)9(2)6-10(8)4-5-13-12/h6-7,13H,4-5,12H2,1-3H3. The van der Waals surface area contributed by atoms with E-state index < -0.39 is 0 Å². The summed E-state index contributed by atoms with van der Waals surface area (Å²) in [6.45, 7) is 4.94. The first-order valence-electron chi connectivity index (χ1n) is 4.76. The Bertz CT molecular complexity index is 310. The molecule has 0 spiro atoms. The molecule has 1 aromatic carbocycles. The summed E-state index contributed by atoms with van der Waals surface area (Å²) in [4.78, 5) is 0. The second-order valence-electron chi connectivity index (χ2n) is 3.45. The van der Waals surface area contributed by atoms with Gasteiger partial charge < -0.3 is 4.74 Å². The van der Waals surface area contributed by atoms with Crippen LogP contribution in [0.3, 0.4) is 0 Å². The maximum Gasteiger partial charge on any atom is 0.122 e. The van der Waals surface area contributed by atoms with Crippen LogP contribution in [-0.2, 0) is 6.42 Å². The number of hydrazine groups is 1. The van der Waals surface area contributed by atoms with E-state index in [1.807, 2.05) is 0 Å². The lowest BCUT2D eigenvalue weighted by atomic mass is 10.0. The zero-order valence-electron chi connectivity index (χ0n) is 9.05. The number of nitrogens with one attached hydrogen (secondary N) is 1. The maximum absolute atomic E-state index is 5.25. The van der Waals surface area contributed by atoms with Crippen molar-refractivity contribution < 1.29 is 4.74 Å². The van der Waals surface area contributed by atoms with E-state index in [-0.39, 0.29) is 0 Å². The number of benzene rings is 1. The van der Waals surface area contributed by atoms with Gasteiger partial charge in [-0.05, 0) is 43.0 Å². The van der Waals surface area contributed by atoms with Gasteiger partial charge in [-0.25, -0.2) is 0 Å². The molecule has 0 aromatic heterocycles. The average molecular weight is 194 g/mol. The highest BCUT2D eigenvalue weighted by Crippen LogP contribution is 2.22. The summed E-state index contributed by atoms with van der Waals surface area (Å²) in [6.07, 6.45) is 0.952. The molecular formula is C11H18N2O. The van der Waals surface area contributed by atoms with E-state index in [2.05, 4.69) is 31.4 Å². The van der Waals surface area contributed by atoms with Crippen molar-refractivity contribution in [3.8, 4) is 5.75 Å². The van der Waals surface area contributed by atoms with Crippen molar-refractivity contribution in [1.29, 1.82) is 0 Å². The monoisotopic (exact) mass is 194 g/mol. The highest BCUT2D eigenvalue weighted by atomic mass is 16.5. The third-order valence-corrected chi connectivity index (χ3v) is 2.39. The predicted octanol–water partition coefficient (Wildman–Crippen LogP) is 1.32. The van der Waals surface area contributed by atoms with Gasteiger partial charge in [-0.1, -0.05) is 6.07 Å². The first-order chi connectivity index (χ1) is 6.69. The van der Waals surface area contributed by atoms with Crippen molar-refractivity contribution in [2.24, 2.45) is 5.84 Å². The SMILES string of the molecule is COc1cc(C)c(CCNN)cc1C. The smallest absolute Gasteiger partial charge is 0.122 e. The molecule has 1 aromatic rings. The Morgan fingerprint density at radius 3 is 2.57 bits per heavy atom. The molecule has 0 radical (unpaired) electrons. The van der Waals surface area contributed by atoms with Gasteiger partial charge in [0.1, 0.15) is 5.75 Å². The summed E-state index contributed by atoms with van der Waals surface area (Å²) < 4.78 is 5.24. The molecule has 0 amide bonds. The predicted molar refractivity (Wildman–Crippen MR) is 58.4 cm³/mol. The van der Waals surface area contributed by atoms with Crippen LogP contribution >= 0.6 is 0 Å². The van der Waals surface area contributed by atoms with Gasteiger partial charge in [0.15, 0.2) is 0 Å². The van der Waals surface area contributed by atoms with Crippen LogP contribution in [0.5, 0.6) is 5.75 Å². The van der Waals surface area contributed by atoms with Crippen molar-refractivity contribution in [3.63, 3.8) is 0 Å². The molecule has 78 valence electrons. The average Bonchev–Trinajstić information content (AvgIpc) is 2.18. The molecule has 3 heteroatoms. The summed E-state index contributed by atoms with van der Waals surface area (Å²) in [5.74, 6) is 6.20. The summed E-state index contributed by atoms with van der Waals surface area (Å²) in [6, 6.07) is 4.23. The van der Waals surface area contributed by atoms with Crippen LogP contribution in [-0.4, -0.2) is 13.7 Å². The molecule has 0 unspecified atom stereocenters. The first kappa shape index (κ1) is 11.0. The van der Waals surface area contributed by atoms with Gasteiger partial charge in [0.25, 0.3) is 0 Å². The lowest BCUT2D eigenvalue weighted by molar-refractivity contribution is 0.411. The molecule has 0 bridgehead atoms. The highest BCUT2D eigenvalue weighted by Gasteiger charge is 2.03. The Kier molecular flexibility index (Phi) is 3.92. The van der Waals surface area contributed by atoms with E-state index in [9.17, 15) is 0 Å². The Hall–Kier alpha value is -1.06. The molecular weight excluding hydrogens is 176 g/mol. The minimum atomic E-state index is 0.798. The van der Waals surface area contributed by atoms with Crippen LogP contribution in [0.4, 0.5) is 0 Å². The molecule has 0 aliphatic heterocycles. The molecule has 0 aliphatic rings. The van der Waals surface area contributed by atoms with Crippen LogP contribution < -0.4 is 16.0 Å². The van der Waals surface area contributed by atoms with E-state index in [0.29, 0.717) is 0 Å². The van der Waals surface area contributed by atoms with Crippen molar-refractivity contribution in [3.05, 3.63) is 28.8 Å². The molecule has 3 nitrogen and oxygen atoms in total. The summed E-state index contributed by atoms with van der Waals surface area (Å²) in [5.41, 5.74) is 6.40. The third-order valence-electron chi connectivity index (χ3n) is 2.39. The minimum absolute atomic E-state index is 0.798. The second kappa shape index (κ2) is 4.98. The zero-order valence-corrected chi connectivity index (χ0v) is 9.05. The van der Waals surface area contributed by atoms with Crippen LogP contribution in [0.1, 0.15) is 16.7 Å². The summed E-state index contributed by atoms with van der Waals surface area (Å²) >= 11 is 0. The Morgan fingerprint density at radius 1 is 1.29 bits per heavy atom. The van der Waals surface area contributed by atoms with Crippen LogP contribution in [0.25, 0.3) is 0 Å². The summed E-state index contributed by atoms with van der Waals surface area (Å²) in [7, 11) is 1.70. The van der Waals surface area contributed by atoms with Gasteiger partial charge in [0, 0.05) is 6.54 Å². The maximum atomic E-state index is 5.25. The fourth-order valence-electron chi connectivity index (χ4n) is 1.55. The molecule has 3 N–H and O–H groups in total. The van der Waals surface area contributed by atoms with E-state index >= 15 is 0 Å². The van der Waals surface area contributed by atoms with E-state index in [0.717, 1.165) is 18.7 Å². The topological polar surface area (TPSA) is 47.3 Å². The quantitative estimate of drug-likeness (QED) is 0.561. The van der Waals surface area contributed by atoms with E-state index in [1.54, 1.807) is 7.11 Å². The Labute approximate surface area is 85.2 Å². The van der Waals surface area contributed by atoms with E-state index in [1.165, 1.54) is 16.7 Å². The van der Waals surface area contributed by atoms with Crippen LogP contribution in [0.15, 0.2) is 12.1 Å². The van der Waals surface area contributed by atoms with Gasteiger partial charge in [-0.2, -0.15) is 0 Å². The number of aryl methyl sites for hydroxylation is 2. The number of ether oxygens (including phenoxy) is 1. The molecule has 0 saturated heterocycles. The molecule has 0 saturated carbocycles. The number of rotatable bonds is 4. The third kappa shape index (κ3) is 2.47. The number of nitrogens with two attached hydrogens (primary N) is 1. The molecule has 0 atom stereocenters. The zero-order chi connectivity index (χ0) is 10.6. The number of methoxy groups -OCH3 is 1. The summed E-state index contributed by atoms with van der Waals surface area (Å²) in [5, 5.41) is 0. The highest BCUT2D eigenvalue weighted by molar-refractivity contribution is 5.41. The minimum Gasteiger partial charge on any atom is -0.496 e. The normalized spacial score (nSPS) is 10.3. The fourth-order valence-corrected chi connectivity index (χ4v) is 1.55. The van der Waals surface area contributed by atoms with Crippen molar-refractivity contribution in [1.82, 2.24) is 5.43 Å². The number of hydrogen-bond donors (Lipinski definition) is 2. The van der Waals surface area contributed by atoms with E-state index in [4.69, 9.17) is 10.6 Å². The molecule has 0 heterocycles. The Balaban J connectivity index is 2.90. The van der Waals surface area contributed by atoms with Gasteiger partial charge in [0.2, 0.25) is 0 Å². The number of hydrogen-bond acceptors (Lipinski definition) is 3. The second-order valence-corrected chi connectivity index (χ2v) is 3.45. The van der Waals surface area contributed by atoms with Crippen molar-refractivity contribution in [2.75, 3.05) is 13.7 Å². The van der Waals surface area contributed by atoms with Gasteiger partial charge in [0.05, 0.1) is 7.11 Å². The molecule has 1 rings (SSSR count). The lowest BCUT2D eigenvalue weighted by Crippen LogP contribution is -2.24. The Morgan fingerprint density at radius 2 is 2.00 bits per heavy atom. The molecule has 0 fully saturated rings. The largest absolute Gasteiger partial charge is 0.496 e. The first-order valence-corrected chi connectivity index (χ1v) is 4.76. The fraction of sp³-hybridized carbons (Fsp3) is 0.455. The van der Waals surface area contributed by atoms with Crippen molar-refractivity contribution >= 4 is 0 Å². The van der Waals surface area contributed by atoms with Gasteiger partial charge >= 0.3 is 0 Å². The lowest BCUT2D eigenvalue weighted by Gasteiger charge is -2.10. The molecule has 0 aliphatic carbocycles. The van der Waals surface area contributed by atoms with Crippen molar-refractivity contribution in [2.45, 2.75) is 20.3 Å². The van der Waals surface area contributed by atoms with Gasteiger partial charge in [-0.15, -0.1) is 0 Å². The van der Waals surface area contributed by atoms with Crippen LogP contribution in [0.2, 0.25) is 0 Å². The van der Waals surface area contributed by atoms with Gasteiger partial charge in [-0.3, -0.25) is 11.3 Å².